The second-order valence-corrected chi connectivity index (χ2v) is 16.6. The molecular weight excluding hydrogens is 713 g/mol. The van der Waals surface area contributed by atoms with Gasteiger partial charge in [0.1, 0.15) is 0 Å². The van der Waals surface area contributed by atoms with Gasteiger partial charge in [0.25, 0.3) is 0 Å². The van der Waals surface area contributed by atoms with Crippen LogP contribution in [-0.4, -0.2) is 33.2 Å². The molecule has 0 aliphatic heterocycles. The molecule has 3 N–H and O–H groups in total. The molecule has 7 aromatic rings. The lowest BCUT2D eigenvalue weighted by atomic mass is 10.1. The van der Waals surface area contributed by atoms with Gasteiger partial charge in [-0.25, -0.2) is 4.79 Å². The topological polar surface area (TPSA) is 112 Å². The molecule has 49 heavy (non-hydrogen) atoms. The molecule has 0 radical (unpaired) electrons. The van der Waals surface area contributed by atoms with Gasteiger partial charge in [-0.2, -0.15) is 0 Å². The molecule has 0 aliphatic carbocycles. The summed E-state index contributed by atoms with van der Waals surface area (Å²) >= 11 is 7.76. The molecule has 0 saturated carbocycles. The number of benzene rings is 2. The van der Waals surface area contributed by atoms with Crippen molar-refractivity contribution < 1.29 is 29.7 Å². The Morgan fingerprint density at radius 1 is 0.490 bits per heavy atom. The molecular formula is C38H26O6S5. The number of thiophene rings is 5. The Morgan fingerprint density at radius 3 is 1.43 bits per heavy atom. The molecule has 0 aliphatic rings. The summed E-state index contributed by atoms with van der Waals surface area (Å²) in [5.74, 6) is -2.83. The minimum Gasteiger partial charge on any atom is -0.481 e. The van der Waals surface area contributed by atoms with E-state index in [1.165, 1.54) is 45.1 Å². The van der Waals surface area contributed by atoms with E-state index in [4.69, 9.17) is 0 Å². The molecule has 244 valence electrons. The predicted octanol–water partition coefficient (Wildman–Crippen LogP) is 11.3. The van der Waals surface area contributed by atoms with Gasteiger partial charge in [0.2, 0.25) is 0 Å². The van der Waals surface area contributed by atoms with Crippen molar-refractivity contribution in [3.8, 4) is 59.9 Å². The lowest BCUT2D eigenvalue weighted by Crippen LogP contribution is -1.99. The number of aryl methyl sites for hydroxylation is 1. The van der Waals surface area contributed by atoms with Crippen LogP contribution in [0.25, 0.3) is 59.9 Å². The van der Waals surface area contributed by atoms with Gasteiger partial charge in [-0.1, -0.05) is 42.5 Å². The molecule has 5 heterocycles. The van der Waals surface area contributed by atoms with Gasteiger partial charge in [0.05, 0.1) is 18.4 Å². The Morgan fingerprint density at radius 2 is 0.918 bits per heavy atom. The summed E-state index contributed by atoms with van der Waals surface area (Å²) in [6.07, 6.45) is -0.248. The monoisotopic (exact) mass is 738 g/mol. The van der Waals surface area contributed by atoms with Crippen molar-refractivity contribution in [1.29, 1.82) is 0 Å². The van der Waals surface area contributed by atoms with Crippen LogP contribution in [0.2, 0.25) is 0 Å². The second-order valence-electron chi connectivity index (χ2n) is 11.2. The summed E-state index contributed by atoms with van der Waals surface area (Å²) in [4.78, 5) is 45.1. The number of carboxylic acid groups (broad SMARTS) is 3. The van der Waals surface area contributed by atoms with Crippen molar-refractivity contribution in [2.24, 2.45) is 0 Å². The Hall–Kier alpha value is -4.65. The number of aliphatic carboxylic acids is 2. The maximum absolute atomic E-state index is 11.9. The minimum atomic E-state index is -0.993. The van der Waals surface area contributed by atoms with Crippen molar-refractivity contribution in [3.63, 3.8) is 0 Å². The molecule has 0 spiro atoms. The zero-order valence-electron chi connectivity index (χ0n) is 25.8. The van der Waals surface area contributed by atoms with Gasteiger partial charge >= 0.3 is 17.9 Å². The van der Waals surface area contributed by atoms with E-state index in [1.807, 2.05) is 54.6 Å². The highest BCUT2D eigenvalue weighted by Crippen LogP contribution is 2.49. The second kappa shape index (κ2) is 13.7. The average Bonchev–Trinajstić information content (AvgIpc) is 3.90. The first kappa shape index (κ1) is 32.9. The van der Waals surface area contributed by atoms with E-state index >= 15 is 0 Å². The molecule has 0 saturated heterocycles. The SMILES string of the molecule is Cc1ccccc1-c1ccc(-c2cc(CC(=O)O)c(-c3ccc(-c4sc(-c5ccc(-c6ccccc6C(=O)O)s5)cc4CC(=O)O)s3)s2)s1. The van der Waals surface area contributed by atoms with E-state index in [0.29, 0.717) is 11.1 Å². The van der Waals surface area contributed by atoms with Crippen LogP contribution < -0.4 is 0 Å². The molecule has 0 atom stereocenters. The molecule has 0 amide bonds. The highest BCUT2D eigenvalue weighted by Gasteiger charge is 2.22. The summed E-state index contributed by atoms with van der Waals surface area (Å²) in [5.41, 5.74) is 4.69. The summed E-state index contributed by atoms with van der Waals surface area (Å²) < 4.78 is 0. The minimum absolute atomic E-state index is 0.103. The zero-order chi connectivity index (χ0) is 34.2. The first-order valence-electron chi connectivity index (χ1n) is 15.0. The zero-order valence-corrected chi connectivity index (χ0v) is 29.8. The number of hydrogen-bond acceptors (Lipinski definition) is 8. The van der Waals surface area contributed by atoms with Gasteiger partial charge in [-0.05, 0) is 83.8 Å². The fourth-order valence-electron chi connectivity index (χ4n) is 5.65. The fourth-order valence-corrected chi connectivity index (χ4v) is 11.6. The quantitative estimate of drug-likeness (QED) is 0.122. The highest BCUT2D eigenvalue weighted by molar-refractivity contribution is 7.30. The molecule has 0 bridgehead atoms. The van der Waals surface area contributed by atoms with Crippen molar-refractivity contribution in [1.82, 2.24) is 0 Å². The van der Waals surface area contributed by atoms with Crippen LogP contribution in [0.4, 0.5) is 0 Å². The van der Waals surface area contributed by atoms with Crippen LogP contribution in [0.1, 0.15) is 27.0 Å². The van der Waals surface area contributed by atoms with E-state index in [2.05, 4.69) is 31.2 Å². The van der Waals surface area contributed by atoms with Crippen molar-refractivity contribution in [2.45, 2.75) is 19.8 Å². The number of rotatable bonds is 11. The Balaban J connectivity index is 1.24. The number of aromatic carboxylic acids is 1. The van der Waals surface area contributed by atoms with Gasteiger partial charge in [0, 0.05) is 54.3 Å². The number of hydrogen-bond donors (Lipinski definition) is 3. The Labute approximate surface area is 301 Å². The molecule has 5 aromatic heterocycles. The average molecular weight is 739 g/mol. The van der Waals surface area contributed by atoms with Crippen LogP contribution in [0.3, 0.4) is 0 Å². The first-order valence-corrected chi connectivity index (χ1v) is 19.1. The largest absolute Gasteiger partial charge is 0.481 e. The summed E-state index contributed by atoms with van der Waals surface area (Å²) in [5, 5.41) is 29.2. The van der Waals surface area contributed by atoms with E-state index < -0.39 is 17.9 Å². The van der Waals surface area contributed by atoms with Crippen LogP contribution >= 0.6 is 56.7 Å². The van der Waals surface area contributed by atoms with E-state index in [-0.39, 0.29) is 18.4 Å². The third-order valence-corrected chi connectivity index (χ3v) is 14.3. The fraction of sp³-hybridized carbons (Fsp3) is 0.0789. The van der Waals surface area contributed by atoms with Gasteiger partial charge in [0.15, 0.2) is 0 Å². The first-order chi connectivity index (χ1) is 23.6. The van der Waals surface area contributed by atoms with Gasteiger partial charge in [-0.3, -0.25) is 9.59 Å². The van der Waals surface area contributed by atoms with E-state index in [9.17, 15) is 29.7 Å². The van der Waals surface area contributed by atoms with Crippen LogP contribution in [0.15, 0.2) is 97.1 Å². The predicted molar refractivity (Wildman–Crippen MR) is 203 cm³/mol. The van der Waals surface area contributed by atoms with E-state index in [1.54, 1.807) is 40.9 Å². The third kappa shape index (κ3) is 6.81. The highest BCUT2D eigenvalue weighted by atomic mass is 32.1. The third-order valence-electron chi connectivity index (χ3n) is 7.89. The maximum atomic E-state index is 11.9. The van der Waals surface area contributed by atoms with Gasteiger partial charge < -0.3 is 15.3 Å². The van der Waals surface area contributed by atoms with Crippen molar-refractivity contribution >= 4 is 74.6 Å². The summed E-state index contributed by atoms with van der Waals surface area (Å²) in [6.45, 7) is 2.09. The number of carboxylic acids is 3. The van der Waals surface area contributed by atoms with E-state index in [0.717, 1.165) is 54.3 Å². The number of carbonyl (C=O) groups is 3. The summed E-state index contributed by atoms with van der Waals surface area (Å²) in [6, 6.07) is 31.1. The summed E-state index contributed by atoms with van der Waals surface area (Å²) in [7, 11) is 0. The Kier molecular flexibility index (Phi) is 9.19. The molecule has 7 rings (SSSR count). The normalized spacial score (nSPS) is 11.2. The van der Waals surface area contributed by atoms with Crippen molar-refractivity contribution in [3.05, 3.63) is 119 Å². The van der Waals surface area contributed by atoms with Crippen LogP contribution in [0.5, 0.6) is 0 Å². The molecule has 2 aromatic carbocycles. The smallest absolute Gasteiger partial charge is 0.336 e. The van der Waals surface area contributed by atoms with Gasteiger partial charge in [-0.15, -0.1) is 56.7 Å². The molecule has 11 heteroatoms. The lowest BCUT2D eigenvalue weighted by molar-refractivity contribution is -0.137. The van der Waals surface area contributed by atoms with Crippen LogP contribution in [0, 0.1) is 6.92 Å². The van der Waals surface area contributed by atoms with Crippen molar-refractivity contribution in [2.75, 3.05) is 0 Å². The molecule has 6 nitrogen and oxygen atoms in total. The molecule has 0 fully saturated rings. The maximum Gasteiger partial charge on any atom is 0.336 e. The lowest BCUT2D eigenvalue weighted by Gasteiger charge is -2.02. The standard InChI is InChI=1S/C38H26O6S5/c1-20-6-2-3-7-23(20)26-10-12-28(45-26)32-16-21(18-34(39)40)36(48-32)30-14-15-31(47-30)37-22(19-35(41)42)17-33(49-37)29-13-11-27(46-29)24-8-4-5-9-25(24)38(43)44/h2-17H,18-19H2,1H3,(H,39,40)(H,41,42)(H,43,44). The van der Waals surface area contributed by atoms with Crippen LogP contribution in [-0.2, 0) is 22.4 Å². The molecule has 0 unspecified atom stereocenters. The Bertz CT molecular complexity index is 2360.